The average Bonchev–Trinajstić information content (AvgIpc) is 3.36. The quantitative estimate of drug-likeness (QED) is 0.0697. The summed E-state index contributed by atoms with van der Waals surface area (Å²) in [6, 6.07) is 24.3. The number of aromatic nitrogens is 1. The fourth-order valence-corrected chi connectivity index (χ4v) is 6.12. The fourth-order valence-electron chi connectivity index (χ4n) is 3.72. The second-order valence-corrected chi connectivity index (χ2v) is 11.1. The molecule has 0 aliphatic heterocycles. The third-order valence-electron chi connectivity index (χ3n) is 5.46. The second kappa shape index (κ2) is 11.8. The summed E-state index contributed by atoms with van der Waals surface area (Å²) in [4.78, 5) is 29.8. The average molecular weight is 607 g/mol. The number of hydrazone groups is 1. The number of thioether (sulfide) groups is 1. The minimum absolute atomic E-state index is 0.188. The van der Waals surface area contributed by atoms with Gasteiger partial charge in [0.25, 0.3) is 5.91 Å². The number of fused-ring (bicyclic) bond motifs is 2. The van der Waals surface area contributed by atoms with Crippen LogP contribution in [0.4, 0.5) is 0 Å². The minimum Gasteiger partial charge on any atom is -0.493 e. The molecule has 1 N–H and O–H groups in total. The number of esters is 1. The lowest BCUT2D eigenvalue weighted by molar-refractivity contribution is -0.118. The highest BCUT2D eigenvalue weighted by Gasteiger charge is 2.18. The first-order chi connectivity index (χ1) is 18.5. The molecule has 1 heterocycles. The van der Waals surface area contributed by atoms with Crippen LogP contribution in [0.5, 0.6) is 11.5 Å². The van der Waals surface area contributed by atoms with Crippen LogP contribution in [0, 0.1) is 0 Å². The number of methoxy groups -OCH3 is 1. The Balaban J connectivity index is 1.23. The molecule has 5 rings (SSSR count). The number of nitrogens with one attached hydrogen (secondary N) is 1. The summed E-state index contributed by atoms with van der Waals surface area (Å²) >= 11 is 6.37. The van der Waals surface area contributed by atoms with E-state index in [1.807, 2.05) is 60.7 Å². The lowest BCUT2D eigenvalue weighted by atomic mass is 10.0. The summed E-state index contributed by atoms with van der Waals surface area (Å²) in [6.07, 6.45) is 1.49. The Kier molecular flexibility index (Phi) is 8.02. The van der Waals surface area contributed by atoms with E-state index >= 15 is 0 Å². The highest BCUT2D eigenvalue weighted by Crippen LogP contribution is 2.37. The number of para-hydroxylation sites is 1. The Morgan fingerprint density at radius 2 is 1.87 bits per heavy atom. The van der Waals surface area contributed by atoms with E-state index in [0.29, 0.717) is 21.3 Å². The predicted octanol–water partition coefficient (Wildman–Crippen LogP) is 6.68. The van der Waals surface area contributed by atoms with Crippen molar-refractivity contribution < 1.29 is 19.1 Å². The maximum atomic E-state index is 13.0. The van der Waals surface area contributed by atoms with Crippen molar-refractivity contribution in [2.75, 3.05) is 12.9 Å². The number of hydrogen-bond donors (Lipinski definition) is 1. The van der Waals surface area contributed by atoms with E-state index in [1.54, 1.807) is 29.5 Å². The van der Waals surface area contributed by atoms with Gasteiger partial charge in [0.1, 0.15) is 0 Å². The van der Waals surface area contributed by atoms with Gasteiger partial charge in [0.05, 0.1) is 39.3 Å². The standard InChI is InChI=1S/C28H20BrN3O4S2/c1-35-23-14-17(15-30-32-25(33)16-37-28-31-22-11-4-5-12-24(22)38-28)13-21(29)26(23)36-27(34)20-10-6-8-18-7-2-3-9-19(18)20/h2-15H,16H2,1H3,(H,32,33)/b30-15-. The third-order valence-corrected chi connectivity index (χ3v) is 8.23. The van der Waals surface area contributed by atoms with Gasteiger partial charge in [-0.1, -0.05) is 60.3 Å². The van der Waals surface area contributed by atoms with Gasteiger partial charge in [0.15, 0.2) is 15.8 Å². The third kappa shape index (κ3) is 5.88. The van der Waals surface area contributed by atoms with Crippen LogP contribution in [0.3, 0.4) is 0 Å². The molecule has 0 saturated carbocycles. The van der Waals surface area contributed by atoms with Crippen LogP contribution in [-0.2, 0) is 4.79 Å². The van der Waals surface area contributed by atoms with Gasteiger partial charge in [0.2, 0.25) is 0 Å². The van der Waals surface area contributed by atoms with Gasteiger partial charge in [-0.15, -0.1) is 11.3 Å². The molecule has 0 spiro atoms. The van der Waals surface area contributed by atoms with Gasteiger partial charge in [-0.3, -0.25) is 4.79 Å². The second-order valence-electron chi connectivity index (χ2n) is 7.98. The molecule has 7 nitrogen and oxygen atoms in total. The van der Waals surface area contributed by atoms with E-state index in [0.717, 1.165) is 25.3 Å². The smallest absolute Gasteiger partial charge is 0.344 e. The zero-order valence-corrected chi connectivity index (χ0v) is 23.2. The molecule has 0 bridgehead atoms. The first kappa shape index (κ1) is 25.9. The minimum atomic E-state index is -0.500. The molecule has 0 unspecified atom stereocenters. The molecule has 0 saturated heterocycles. The van der Waals surface area contributed by atoms with Crippen LogP contribution in [-0.4, -0.2) is 35.9 Å². The summed E-state index contributed by atoms with van der Waals surface area (Å²) in [5.74, 6) is 0.0241. The van der Waals surface area contributed by atoms with Crippen LogP contribution in [0.1, 0.15) is 15.9 Å². The molecular weight excluding hydrogens is 586 g/mol. The van der Waals surface area contributed by atoms with E-state index in [-0.39, 0.29) is 17.4 Å². The van der Waals surface area contributed by atoms with Crippen molar-refractivity contribution in [3.05, 3.63) is 94.5 Å². The van der Waals surface area contributed by atoms with Crippen LogP contribution >= 0.6 is 39.0 Å². The van der Waals surface area contributed by atoms with Crippen molar-refractivity contribution in [2.45, 2.75) is 4.34 Å². The van der Waals surface area contributed by atoms with E-state index in [2.05, 4.69) is 31.4 Å². The number of halogens is 1. The summed E-state index contributed by atoms with van der Waals surface area (Å²) in [5.41, 5.74) is 4.53. The Morgan fingerprint density at radius 1 is 1.08 bits per heavy atom. The van der Waals surface area contributed by atoms with Crippen LogP contribution in [0.15, 0.2) is 92.8 Å². The number of amides is 1. The summed E-state index contributed by atoms with van der Waals surface area (Å²) in [6.45, 7) is 0. The van der Waals surface area contributed by atoms with Crippen molar-refractivity contribution in [1.29, 1.82) is 0 Å². The van der Waals surface area contributed by atoms with Crippen molar-refractivity contribution in [3.8, 4) is 11.5 Å². The van der Waals surface area contributed by atoms with Gasteiger partial charge in [-0.25, -0.2) is 15.2 Å². The number of rotatable bonds is 8. The van der Waals surface area contributed by atoms with Crippen LogP contribution in [0.25, 0.3) is 21.0 Å². The Morgan fingerprint density at radius 3 is 2.71 bits per heavy atom. The maximum absolute atomic E-state index is 13.0. The summed E-state index contributed by atoms with van der Waals surface area (Å²) < 4.78 is 13.6. The number of carbonyl (C=O) groups excluding carboxylic acids is 2. The first-order valence-electron chi connectivity index (χ1n) is 11.4. The summed E-state index contributed by atoms with van der Waals surface area (Å²) in [5, 5.41) is 5.79. The normalized spacial score (nSPS) is 11.2. The van der Waals surface area contributed by atoms with Gasteiger partial charge >= 0.3 is 5.97 Å². The molecule has 1 amide bonds. The molecule has 1 aromatic heterocycles. The molecule has 0 atom stereocenters. The molecule has 0 fully saturated rings. The predicted molar refractivity (Wildman–Crippen MR) is 156 cm³/mol. The molecule has 4 aromatic carbocycles. The zero-order chi connectivity index (χ0) is 26.5. The Bertz CT molecular complexity index is 1650. The molecule has 5 aromatic rings. The zero-order valence-electron chi connectivity index (χ0n) is 20.0. The monoisotopic (exact) mass is 605 g/mol. The summed E-state index contributed by atoms with van der Waals surface area (Å²) in [7, 11) is 1.49. The van der Waals surface area contributed by atoms with Crippen LogP contribution in [0.2, 0.25) is 0 Å². The molecule has 0 aliphatic rings. The van der Waals surface area contributed by atoms with Crippen molar-refractivity contribution in [2.24, 2.45) is 5.10 Å². The van der Waals surface area contributed by atoms with Crippen molar-refractivity contribution in [1.82, 2.24) is 10.4 Å². The molecule has 0 radical (unpaired) electrons. The molecular formula is C28H20BrN3O4S2. The Hall–Kier alpha value is -3.73. The highest BCUT2D eigenvalue weighted by molar-refractivity contribution is 9.10. The number of hydrogen-bond acceptors (Lipinski definition) is 8. The molecule has 10 heteroatoms. The SMILES string of the molecule is COc1cc(/C=N\NC(=O)CSc2nc3ccccc3s2)cc(Br)c1OC(=O)c1cccc2ccccc12. The number of thiazole rings is 1. The number of nitrogens with zero attached hydrogens (tertiary/aromatic N) is 2. The van der Waals surface area contributed by atoms with Crippen molar-refractivity contribution >= 4 is 78.1 Å². The van der Waals surface area contributed by atoms with Gasteiger partial charge in [-0.05, 0) is 62.6 Å². The van der Waals surface area contributed by atoms with Gasteiger partial charge < -0.3 is 9.47 Å². The highest BCUT2D eigenvalue weighted by atomic mass is 79.9. The van der Waals surface area contributed by atoms with E-state index < -0.39 is 5.97 Å². The molecule has 190 valence electrons. The topological polar surface area (TPSA) is 89.9 Å². The Labute approximate surface area is 235 Å². The first-order valence-corrected chi connectivity index (χ1v) is 14.0. The molecule has 38 heavy (non-hydrogen) atoms. The van der Waals surface area contributed by atoms with E-state index in [1.165, 1.54) is 25.1 Å². The van der Waals surface area contributed by atoms with Gasteiger partial charge in [-0.2, -0.15) is 5.10 Å². The van der Waals surface area contributed by atoms with Crippen molar-refractivity contribution in [3.63, 3.8) is 0 Å². The molecule has 0 aliphatic carbocycles. The largest absolute Gasteiger partial charge is 0.493 e. The van der Waals surface area contributed by atoms with E-state index in [4.69, 9.17) is 9.47 Å². The van der Waals surface area contributed by atoms with E-state index in [9.17, 15) is 9.59 Å². The number of benzene rings is 4. The lowest BCUT2D eigenvalue weighted by Crippen LogP contribution is -2.19. The van der Waals surface area contributed by atoms with Gasteiger partial charge in [0, 0.05) is 0 Å². The maximum Gasteiger partial charge on any atom is 0.344 e. The number of carbonyl (C=O) groups is 2. The van der Waals surface area contributed by atoms with Crippen LogP contribution < -0.4 is 14.9 Å². The fraction of sp³-hybridized carbons (Fsp3) is 0.0714. The lowest BCUT2D eigenvalue weighted by Gasteiger charge is -2.13. The number of ether oxygens (including phenoxy) is 2.